The van der Waals surface area contributed by atoms with Gasteiger partial charge in [-0.3, -0.25) is 9.79 Å². The topological polar surface area (TPSA) is 186 Å². The van der Waals surface area contributed by atoms with E-state index in [-0.39, 0.29) is 40.8 Å². The number of amides is 2. The summed E-state index contributed by atoms with van der Waals surface area (Å²) in [5.41, 5.74) is 6.79. The van der Waals surface area contributed by atoms with E-state index in [4.69, 9.17) is 24.4 Å². The Kier molecular flexibility index (Phi) is 14.8. The van der Waals surface area contributed by atoms with E-state index in [0.29, 0.717) is 29.1 Å². The van der Waals surface area contributed by atoms with Crippen LogP contribution < -0.4 is 11.1 Å². The highest BCUT2D eigenvalue weighted by molar-refractivity contribution is 7.99. The molecule has 1 aliphatic heterocycles. The van der Waals surface area contributed by atoms with Gasteiger partial charge in [0.2, 0.25) is 0 Å². The summed E-state index contributed by atoms with van der Waals surface area (Å²) in [7, 11) is 2.95. The molecule has 1 aliphatic rings. The second kappa shape index (κ2) is 18.5. The van der Waals surface area contributed by atoms with Crippen LogP contribution in [0, 0.1) is 11.8 Å². The van der Waals surface area contributed by atoms with Crippen molar-refractivity contribution in [3.63, 3.8) is 0 Å². The number of fused-ring (bicyclic) bond motifs is 2. The Bertz CT molecular complexity index is 1500. The third-order valence-electron chi connectivity index (χ3n) is 8.04. The van der Waals surface area contributed by atoms with Crippen molar-refractivity contribution in [2.45, 2.75) is 70.7 Å². The van der Waals surface area contributed by atoms with E-state index in [1.54, 1.807) is 56.3 Å². The van der Waals surface area contributed by atoms with Crippen LogP contribution in [0.15, 0.2) is 69.3 Å². The summed E-state index contributed by atoms with van der Waals surface area (Å²) in [6.07, 6.45) is 6.12. The summed E-state index contributed by atoms with van der Waals surface area (Å²) in [6.45, 7) is 7.08. The van der Waals surface area contributed by atoms with Gasteiger partial charge in [-0.05, 0) is 50.3 Å². The first-order chi connectivity index (χ1) is 22.9. The first kappa shape index (κ1) is 38.4. The molecule has 12 nitrogen and oxygen atoms in total. The van der Waals surface area contributed by atoms with Gasteiger partial charge < -0.3 is 45.0 Å². The highest BCUT2D eigenvalue weighted by Gasteiger charge is 2.30. The molecule has 1 aromatic heterocycles. The predicted octanol–water partition coefficient (Wildman–Crippen LogP) is 5.79. The number of benzene rings is 1. The molecule has 0 saturated heterocycles. The van der Waals surface area contributed by atoms with Crippen molar-refractivity contribution < 1.29 is 43.5 Å². The number of anilines is 1. The van der Waals surface area contributed by atoms with Crippen LogP contribution in [0.5, 0.6) is 11.5 Å². The fourth-order valence-electron chi connectivity index (χ4n) is 5.47. The van der Waals surface area contributed by atoms with Crippen molar-refractivity contribution >= 4 is 41.4 Å². The van der Waals surface area contributed by atoms with Crippen LogP contribution in [0.25, 0.3) is 0 Å². The van der Waals surface area contributed by atoms with E-state index in [9.17, 15) is 24.9 Å². The number of primary amides is 1. The maximum atomic E-state index is 13.2. The molecule has 2 amide bonds. The summed E-state index contributed by atoms with van der Waals surface area (Å²) in [4.78, 5) is 29.5. The zero-order chi connectivity index (χ0) is 35.4. The Balaban J connectivity index is 2.04. The number of nitrogens with one attached hydrogen (secondary N) is 1. The van der Waals surface area contributed by atoms with E-state index in [0.717, 1.165) is 5.76 Å². The smallest absolute Gasteiger partial charge is 0.405 e. The number of methoxy groups -OCH3 is 2. The Morgan fingerprint density at radius 3 is 2.62 bits per heavy atom. The molecule has 262 valence electrons. The molecule has 6 N–H and O–H groups in total. The van der Waals surface area contributed by atoms with Gasteiger partial charge in [0.1, 0.15) is 29.1 Å². The standard InChI is InChI=1S/C35H47N3O9S/c1-20-15-25-30(37-12-14-48-19-24-10-8-13-46-24)27(39)18-26(32(25)41)38-34(42)21(2)9-7-11-28(44-5)33(47-35(36)43)23(4)17-22(3)31(40)29(16-20)45-6/h7-13,17-18,20,22,28-29,31,33,39-41H,14-16,19H2,1-6H3,(H2,36,43)(H,38,42)/b11-7?,21-9+,23-17?,37-12?. The van der Waals surface area contributed by atoms with Crippen LogP contribution in [0.3, 0.4) is 0 Å². The lowest BCUT2D eigenvalue weighted by atomic mass is 9.87. The average molecular weight is 686 g/mol. The molecule has 3 rings (SSSR count). The number of aliphatic hydroxyl groups excluding tert-OH is 1. The molecule has 48 heavy (non-hydrogen) atoms. The number of nitrogens with two attached hydrogens (primary N) is 1. The summed E-state index contributed by atoms with van der Waals surface area (Å²) < 4.78 is 22.1. The van der Waals surface area contributed by atoms with Crippen LogP contribution in [-0.2, 0) is 31.2 Å². The third-order valence-corrected chi connectivity index (χ3v) is 8.91. The SMILES string of the molecule is COC1C=C/C=C(\C)C(=O)Nc2cc(O)c(N=CCSCc3ccco3)c(c2O)CC(C)CC(OC)C(O)C(C)C=C(C)C1OC(N)=O. The van der Waals surface area contributed by atoms with Gasteiger partial charge in [0.05, 0.1) is 29.9 Å². The Morgan fingerprint density at radius 2 is 1.98 bits per heavy atom. The summed E-state index contributed by atoms with van der Waals surface area (Å²) >= 11 is 1.57. The highest BCUT2D eigenvalue weighted by atomic mass is 32.2. The highest BCUT2D eigenvalue weighted by Crippen LogP contribution is 2.44. The van der Waals surface area contributed by atoms with E-state index in [1.807, 2.05) is 26.0 Å². The lowest BCUT2D eigenvalue weighted by Crippen LogP contribution is -2.37. The van der Waals surface area contributed by atoms with Crippen LogP contribution in [0.1, 0.15) is 45.4 Å². The minimum Gasteiger partial charge on any atom is -0.506 e. The van der Waals surface area contributed by atoms with Gasteiger partial charge in [-0.2, -0.15) is 0 Å². The molecular formula is C35H47N3O9S. The molecule has 6 atom stereocenters. The molecule has 0 aliphatic carbocycles. The molecule has 2 heterocycles. The van der Waals surface area contributed by atoms with Gasteiger partial charge in [0, 0.05) is 49.3 Å². The quantitative estimate of drug-likeness (QED) is 0.0749. The number of ether oxygens (including phenoxy) is 3. The number of phenolic OH excluding ortho intramolecular Hbond substituents is 2. The van der Waals surface area contributed by atoms with Gasteiger partial charge in [-0.15, -0.1) is 11.8 Å². The monoisotopic (exact) mass is 685 g/mol. The van der Waals surface area contributed by atoms with Crippen molar-refractivity contribution in [3.8, 4) is 11.5 Å². The molecular weight excluding hydrogens is 638 g/mol. The fraction of sp³-hybridized carbons (Fsp3) is 0.457. The van der Waals surface area contributed by atoms with Crippen molar-refractivity contribution in [1.29, 1.82) is 0 Å². The maximum absolute atomic E-state index is 13.2. The molecule has 6 unspecified atom stereocenters. The van der Waals surface area contributed by atoms with Crippen LogP contribution >= 0.6 is 11.8 Å². The van der Waals surface area contributed by atoms with Crippen molar-refractivity contribution in [3.05, 3.63) is 71.2 Å². The number of aromatic hydroxyl groups is 2. The zero-order valence-electron chi connectivity index (χ0n) is 28.2. The minimum absolute atomic E-state index is 0.0157. The number of phenols is 2. The number of allylic oxidation sites excluding steroid dienone is 2. The molecule has 0 spiro atoms. The van der Waals surface area contributed by atoms with E-state index < -0.39 is 42.3 Å². The lowest BCUT2D eigenvalue weighted by Gasteiger charge is -2.29. The molecule has 2 bridgehead atoms. The molecule has 2 aromatic rings. The van der Waals surface area contributed by atoms with Crippen LogP contribution in [0.4, 0.5) is 16.2 Å². The van der Waals surface area contributed by atoms with Gasteiger partial charge in [0.15, 0.2) is 6.10 Å². The second-order valence-corrected chi connectivity index (χ2v) is 12.9. The number of aliphatic imine (C=N–C) groups is 1. The minimum atomic E-state index is -0.995. The summed E-state index contributed by atoms with van der Waals surface area (Å²) in [5, 5.41) is 36.6. The Morgan fingerprint density at radius 1 is 1.23 bits per heavy atom. The van der Waals surface area contributed by atoms with Crippen LogP contribution in [0.2, 0.25) is 0 Å². The number of nitrogens with zero attached hydrogens (tertiary/aromatic N) is 1. The Hall–Kier alpha value is -4.04. The predicted molar refractivity (Wildman–Crippen MR) is 187 cm³/mol. The number of hydrogen-bond acceptors (Lipinski definition) is 11. The second-order valence-electron chi connectivity index (χ2n) is 11.9. The Labute approximate surface area is 285 Å². The first-order valence-corrected chi connectivity index (χ1v) is 16.8. The largest absolute Gasteiger partial charge is 0.506 e. The number of carbonyl (C=O) groups is 2. The normalized spacial score (nSPS) is 25.7. The van der Waals surface area contributed by atoms with E-state index in [1.165, 1.54) is 26.4 Å². The number of thioether (sulfide) groups is 1. The van der Waals surface area contributed by atoms with Crippen LogP contribution in [-0.4, -0.2) is 77.9 Å². The maximum Gasteiger partial charge on any atom is 0.405 e. The number of aliphatic hydroxyl groups is 1. The fourth-order valence-corrected chi connectivity index (χ4v) is 6.14. The lowest BCUT2D eigenvalue weighted by molar-refractivity contribution is -0.112. The van der Waals surface area contributed by atoms with E-state index in [2.05, 4.69) is 10.3 Å². The summed E-state index contributed by atoms with van der Waals surface area (Å²) in [6, 6.07) is 4.97. The third kappa shape index (κ3) is 10.7. The van der Waals surface area contributed by atoms with Crippen molar-refractivity contribution in [1.82, 2.24) is 0 Å². The van der Waals surface area contributed by atoms with Gasteiger partial charge in [-0.1, -0.05) is 38.2 Å². The van der Waals surface area contributed by atoms with E-state index >= 15 is 0 Å². The molecule has 0 saturated carbocycles. The number of hydrogen-bond donors (Lipinski definition) is 5. The molecule has 1 aromatic carbocycles. The number of furan rings is 1. The number of rotatable bonds is 8. The number of carbonyl (C=O) groups excluding carboxylic acids is 2. The first-order valence-electron chi connectivity index (χ1n) is 15.6. The zero-order valence-corrected chi connectivity index (χ0v) is 29.0. The van der Waals surface area contributed by atoms with Crippen molar-refractivity contribution in [2.75, 3.05) is 25.3 Å². The van der Waals surface area contributed by atoms with Gasteiger partial charge >= 0.3 is 6.09 Å². The average Bonchev–Trinajstić information content (AvgIpc) is 3.56. The molecule has 13 heteroatoms. The molecule has 0 radical (unpaired) electrons. The van der Waals surface area contributed by atoms with Gasteiger partial charge in [0.25, 0.3) is 5.91 Å². The van der Waals surface area contributed by atoms with Gasteiger partial charge in [-0.25, -0.2) is 4.79 Å². The summed E-state index contributed by atoms with van der Waals surface area (Å²) in [5.74, 6) is 0.407. The van der Waals surface area contributed by atoms with Crippen molar-refractivity contribution in [2.24, 2.45) is 22.6 Å². The molecule has 0 fully saturated rings.